The second-order valence-electron chi connectivity index (χ2n) is 12.6. The van der Waals surface area contributed by atoms with E-state index in [1.165, 1.54) is 12.8 Å². The second kappa shape index (κ2) is 12.6. The zero-order valence-corrected chi connectivity index (χ0v) is 24.5. The lowest BCUT2D eigenvalue weighted by Crippen LogP contribution is -2.61. The zero-order valence-electron chi connectivity index (χ0n) is 24.5. The van der Waals surface area contributed by atoms with Crippen molar-refractivity contribution in [2.75, 3.05) is 52.5 Å². The number of likely N-dealkylation sites (tertiary alicyclic amines) is 2. The second-order valence-corrected chi connectivity index (χ2v) is 12.6. The van der Waals surface area contributed by atoms with Gasteiger partial charge in [-0.15, -0.1) is 0 Å². The highest BCUT2D eigenvalue weighted by molar-refractivity contribution is 5.97. The Hall–Kier alpha value is -2.12. The van der Waals surface area contributed by atoms with Crippen LogP contribution in [0.5, 0.6) is 0 Å². The number of rotatable bonds is 7. The van der Waals surface area contributed by atoms with Crippen molar-refractivity contribution in [1.82, 2.24) is 14.7 Å². The van der Waals surface area contributed by atoms with Crippen molar-refractivity contribution in [2.24, 2.45) is 11.8 Å². The molecular formula is C32H49N3O4. The molecule has 0 aromatic heterocycles. The fourth-order valence-electron chi connectivity index (χ4n) is 7.55. The number of nitrogens with zero attached hydrogens (tertiary/aromatic N) is 3. The van der Waals surface area contributed by atoms with Crippen LogP contribution in [0.4, 0.5) is 4.79 Å². The minimum Gasteiger partial charge on any atom is -0.442 e. The Morgan fingerprint density at radius 2 is 1.67 bits per heavy atom. The van der Waals surface area contributed by atoms with E-state index in [1.54, 1.807) is 0 Å². The van der Waals surface area contributed by atoms with E-state index in [9.17, 15) is 9.59 Å². The molecule has 216 valence electrons. The van der Waals surface area contributed by atoms with E-state index < -0.39 is 0 Å². The molecule has 1 aromatic carbocycles. The molecule has 0 N–H and O–H groups in total. The predicted molar refractivity (Wildman–Crippen MR) is 153 cm³/mol. The SMILES string of the molecule is CCCCC1CN(CC2CCOCC2)C(=O)OC12CCN(C1CCN(C(=O)c3c(C)cccc3C)CC1)CC2. The Morgan fingerprint density at radius 3 is 2.31 bits per heavy atom. The maximum atomic E-state index is 13.3. The Bertz CT molecular complexity index is 971. The third-order valence-corrected chi connectivity index (χ3v) is 10.1. The van der Waals surface area contributed by atoms with Crippen LogP contribution >= 0.6 is 0 Å². The topological polar surface area (TPSA) is 62.3 Å². The third-order valence-electron chi connectivity index (χ3n) is 10.1. The number of hydrogen-bond donors (Lipinski definition) is 0. The van der Waals surface area contributed by atoms with Gasteiger partial charge in [0.05, 0.1) is 0 Å². The van der Waals surface area contributed by atoms with Crippen LogP contribution in [0.3, 0.4) is 0 Å². The van der Waals surface area contributed by atoms with Gasteiger partial charge in [-0.2, -0.15) is 0 Å². The summed E-state index contributed by atoms with van der Waals surface area (Å²) >= 11 is 0. The highest BCUT2D eigenvalue weighted by Gasteiger charge is 2.50. The molecule has 1 atom stereocenters. The number of piperidine rings is 2. The van der Waals surface area contributed by atoms with Crippen LogP contribution in [0.25, 0.3) is 0 Å². The summed E-state index contributed by atoms with van der Waals surface area (Å²) in [5, 5.41) is 0. The van der Waals surface area contributed by atoms with Crippen LogP contribution in [0.1, 0.15) is 86.2 Å². The van der Waals surface area contributed by atoms with Crippen LogP contribution in [0.2, 0.25) is 0 Å². The molecule has 0 aliphatic carbocycles. The lowest BCUT2D eigenvalue weighted by molar-refractivity contribution is -0.128. The van der Waals surface area contributed by atoms with Crippen molar-refractivity contribution in [1.29, 1.82) is 0 Å². The van der Waals surface area contributed by atoms with Crippen molar-refractivity contribution in [3.63, 3.8) is 0 Å². The van der Waals surface area contributed by atoms with Gasteiger partial charge in [0.1, 0.15) is 5.60 Å². The van der Waals surface area contributed by atoms with Gasteiger partial charge in [-0.3, -0.25) is 9.69 Å². The van der Waals surface area contributed by atoms with E-state index >= 15 is 0 Å². The minimum absolute atomic E-state index is 0.0963. The van der Waals surface area contributed by atoms with Gasteiger partial charge in [0.2, 0.25) is 0 Å². The van der Waals surface area contributed by atoms with Crippen LogP contribution in [0.15, 0.2) is 18.2 Å². The van der Waals surface area contributed by atoms with Crippen LogP contribution in [-0.2, 0) is 9.47 Å². The van der Waals surface area contributed by atoms with E-state index in [-0.39, 0.29) is 17.6 Å². The van der Waals surface area contributed by atoms with Gasteiger partial charge in [0, 0.05) is 82.8 Å². The summed E-state index contributed by atoms with van der Waals surface area (Å²) < 4.78 is 11.9. The lowest BCUT2D eigenvalue weighted by atomic mass is 9.75. The summed E-state index contributed by atoms with van der Waals surface area (Å²) in [5.41, 5.74) is 2.69. The molecule has 5 rings (SSSR count). The summed E-state index contributed by atoms with van der Waals surface area (Å²) in [6.45, 7) is 13.2. The molecular weight excluding hydrogens is 490 g/mol. The smallest absolute Gasteiger partial charge is 0.410 e. The van der Waals surface area contributed by atoms with Gasteiger partial charge in [0.15, 0.2) is 0 Å². The van der Waals surface area contributed by atoms with Gasteiger partial charge in [0.25, 0.3) is 5.91 Å². The quantitative estimate of drug-likeness (QED) is 0.463. The molecule has 0 bridgehead atoms. The van der Waals surface area contributed by atoms with Gasteiger partial charge >= 0.3 is 6.09 Å². The average molecular weight is 540 g/mol. The summed E-state index contributed by atoms with van der Waals surface area (Å²) in [7, 11) is 0. The molecule has 4 aliphatic rings. The zero-order chi connectivity index (χ0) is 27.4. The van der Waals surface area contributed by atoms with Crippen molar-refractivity contribution in [3.8, 4) is 0 Å². The highest BCUT2D eigenvalue weighted by atomic mass is 16.6. The number of hydrogen-bond acceptors (Lipinski definition) is 5. The molecule has 4 aliphatic heterocycles. The molecule has 4 fully saturated rings. The van der Waals surface area contributed by atoms with E-state index in [0.717, 1.165) is 114 Å². The monoisotopic (exact) mass is 539 g/mol. The van der Waals surface area contributed by atoms with Gasteiger partial charge in [-0.05, 0) is 63.0 Å². The summed E-state index contributed by atoms with van der Waals surface area (Å²) in [5.74, 6) is 1.12. The molecule has 7 heteroatoms. The molecule has 4 heterocycles. The maximum Gasteiger partial charge on any atom is 0.410 e. The number of amides is 2. The fraction of sp³-hybridized carbons (Fsp3) is 0.750. The van der Waals surface area contributed by atoms with Crippen molar-refractivity contribution >= 4 is 12.0 Å². The Balaban J connectivity index is 1.16. The number of aryl methyl sites for hydroxylation is 2. The van der Waals surface area contributed by atoms with Gasteiger partial charge in [-0.1, -0.05) is 38.0 Å². The first-order valence-electron chi connectivity index (χ1n) is 15.6. The van der Waals surface area contributed by atoms with E-state index in [0.29, 0.717) is 17.9 Å². The molecule has 7 nitrogen and oxygen atoms in total. The summed E-state index contributed by atoms with van der Waals surface area (Å²) in [4.78, 5) is 33.2. The van der Waals surface area contributed by atoms with Gasteiger partial charge < -0.3 is 19.3 Å². The number of carbonyl (C=O) groups is 2. The molecule has 1 unspecified atom stereocenters. The molecule has 0 radical (unpaired) electrons. The first-order chi connectivity index (χ1) is 18.9. The largest absolute Gasteiger partial charge is 0.442 e. The standard InChI is InChI=1S/C32H49N3O4/c1-4-5-9-27-23-35(22-26-12-20-38-21-13-26)31(37)39-32(27)14-18-33(19-15-32)28-10-16-34(17-11-28)30(36)29-24(2)7-6-8-25(29)3/h6-8,26-28H,4-5,9-23H2,1-3H3. The third kappa shape index (κ3) is 6.30. The lowest BCUT2D eigenvalue weighted by Gasteiger charge is -2.52. The molecule has 1 aromatic rings. The van der Waals surface area contributed by atoms with E-state index in [4.69, 9.17) is 9.47 Å². The molecule has 2 amide bonds. The van der Waals surface area contributed by atoms with Crippen molar-refractivity contribution in [3.05, 3.63) is 34.9 Å². The molecule has 4 saturated heterocycles. The first kappa shape index (κ1) is 28.4. The number of benzene rings is 1. The van der Waals surface area contributed by atoms with Crippen molar-refractivity contribution < 1.29 is 19.1 Å². The summed E-state index contributed by atoms with van der Waals surface area (Å²) in [6, 6.07) is 6.60. The number of unbranched alkanes of at least 4 members (excludes halogenated alkanes) is 1. The average Bonchev–Trinajstić information content (AvgIpc) is 2.95. The first-order valence-corrected chi connectivity index (χ1v) is 15.6. The van der Waals surface area contributed by atoms with Crippen LogP contribution in [-0.4, -0.2) is 90.8 Å². The number of ether oxygens (including phenoxy) is 2. The fourth-order valence-corrected chi connectivity index (χ4v) is 7.55. The Morgan fingerprint density at radius 1 is 1.00 bits per heavy atom. The maximum absolute atomic E-state index is 13.3. The normalized spacial score (nSPS) is 25.2. The number of carbonyl (C=O) groups excluding carboxylic acids is 2. The van der Waals surface area contributed by atoms with Crippen LogP contribution in [0, 0.1) is 25.7 Å². The summed E-state index contributed by atoms with van der Waals surface area (Å²) in [6.07, 6.45) is 9.37. The van der Waals surface area contributed by atoms with Crippen LogP contribution < -0.4 is 0 Å². The minimum atomic E-state index is -0.312. The molecule has 0 saturated carbocycles. The highest BCUT2D eigenvalue weighted by Crippen LogP contribution is 2.42. The molecule has 1 spiro atoms. The predicted octanol–water partition coefficient (Wildman–Crippen LogP) is 5.43. The Kier molecular flexibility index (Phi) is 9.17. The molecule has 39 heavy (non-hydrogen) atoms. The van der Waals surface area contributed by atoms with E-state index in [2.05, 4.69) is 11.8 Å². The van der Waals surface area contributed by atoms with Gasteiger partial charge in [-0.25, -0.2) is 4.79 Å². The Labute approximate surface area is 235 Å². The van der Waals surface area contributed by atoms with E-state index in [1.807, 2.05) is 41.8 Å². The van der Waals surface area contributed by atoms with Crippen molar-refractivity contribution in [2.45, 2.75) is 90.2 Å².